The number of rotatable bonds is 4. The van der Waals surface area contributed by atoms with Crippen molar-refractivity contribution in [3.63, 3.8) is 0 Å². The molecule has 0 unspecified atom stereocenters. The van der Waals surface area contributed by atoms with Crippen LogP contribution in [0, 0.1) is 0 Å². The van der Waals surface area contributed by atoms with Gasteiger partial charge in [-0.05, 0) is 30.0 Å². The summed E-state index contributed by atoms with van der Waals surface area (Å²) in [6.07, 6.45) is -1.79. The zero-order chi connectivity index (χ0) is 19.6. The van der Waals surface area contributed by atoms with Crippen LogP contribution in [0.5, 0.6) is 11.5 Å². The van der Waals surface area contributed by atoms with Crippen molar-refractivity contribution in [3.8, 4) is 11.5 Å². The normalized spacial score (nSPS) is 17.1. The molecular formula is C22H24O5. The first-order chi connectivity index (χ1) is 12.8. The van der Waals surface area contributed by atoms with Crippen LogP contribution in [0.4, 0.5) is 0 Å². The van der Waals surface area contributed by atoms with Gasteiger partial charge in [-0.3, -0.25) is 4.79 Å². The van der Waals surface area contributed by atoms with Crippen LogP contribution in [-0.4, -0.2) is 30.6 Å². The summed E-state index contributed by atoms with van der Waals surface area (Å²) in [5, 5.41) is 0. The Balaban J connectivity index is 1.62. The van der Waals surface area contributed by atoms with Crippen LogP contribution in [0.1, 0.15) is 43.6 Å². The molecule has 0 aromatic heterocycles. The van der Waals surface area contributed by atoms with E-state index in [1.165, 1.54) is 0 Å². The highest BCUT2D eigenvalue weighted by atomic mass is 16.6. The molecule has 1 aliphatic rings. The lowest BCUT2D eigenvalue weighted by Gasteiger charge is -2.26. The van der Waals surface area contributed by atoms with Gasteiger partial charge in [0.2, 0.25) is 11.9 Å². The van der Waals surface area contributed by atoms with Crippen molar-refractivity contribution in [1.82, 2.24) is 0 Å². The Morgan fingerprint density at radius 3 is 2.30 bits per heavy atom. The van der Waals surface area contributed by atoms with Gasteiger partial charge in [0.05, 0.1) is 0 Å². The van der Waals surface area contributed by atoms with Gasteiger partial charge in [0.1, 0.15) is 6.61 Å². The van der Waals surface area contributed by atoms with Crippen molar-refractivity contribution >= 4 is 11.8 Å². The highest BCUT2D eigenvalue weighted by molar-refractivity contribution is 6.00. The van der Waals surface area contributed by atoms with E-state index in [-0.39, 0.29) is 17.8 Å². The number of Topliss-reactive ketones (excluding diaryl/α,β-unsaturated/α-hetero) is 1. The summed E-state index contributed by atoms with van der Waals surface area (Å²) >= 11 is 0. The van der Waals surface area contributed by atoms with E-state index in [4.69, 9.17) is 14.2 Å². The van der Waals surface area contributed by atoms with Crippen molar-refractivity contribution in [2.75, 3.05) is 6.61 Å². The van der Waals surface area contributed by atoms with E-state index >= 15 is 0 Å². The fourth-order valence-electron chi connectivity index (χ4n) is 2.81. The smallest absolute Gasteiger partial charge is 0.351 e. The predicted octanol–water partition coefficient (Wildman–Crippen LogP) is 3.94. The summed E-state index contributed by atoms with van der Waals surface area (Å²) in [6, 6.07) is 14.5. The molecule has 0 amide bonds. The van der Waals surface area contributed by atoms with Gasteiger partial charge in [-0.2, -0.15) is 0 Å². The van der Waals surface area contributed by atoms with E-state index < -0.39 is 18.2 Å². The lowest BCUT2D eigenvalue weighted by Crippen LogP contribution is -2.40. The number of carbonyl (C=O) groups is 2. The third-order valence-electron chi connectivity index (χ3n) is 4.47. The first kappa shape index (κ1) is 19.0. The van der Waals surface area contributed by atoms with Crippen LogP contribution in [0.2, 0.25) is 0 Å². The molecule has 0 bridgehead atoms. The van der Waals surface area contributed by atoms with Gasteiger partial charge in [-0.1, -0.05) is 57.2 Å². The van der Waals surface area contributed by atoms with Gasteiger partial charge in [-0.25, -0.2) is 4.79 Å². The minimum Gasteiger partial charge on any atom is -0.485 e. The topological polar surface area (TPSA) is 61.8 Å². The molecular weight excluding hydrogens is 344 g/mol. The van der Waals surface area contributed by atoms with Crippen LogP contribution in [0.15, 0.2) is 48.5 Å². The SMILES string of the molecule is C[C@H](OC(=O)[C@H]1COc2ccccc2O1)C(=O)c1ccc(C(C)(C)C)cc1. The van der Waals surface area contributed by atoms with Crippen LogP contribution < -0.4 is 9.47 Å². The maximum atomic E-state index is 12.6. The van der Waals surface area contributed by atoms with Gasteiger partial charge in [0.15, 0.2) is 17.6 Å². The highest BCUT2D eigenvalue weighted by Gasteiger charge is 2.31. The number of ketones is 1. The molecule has 2 aromatic rings. The molecule has 0 N–H and O–H groups in total. The molecule has 0 aliphatic carbocycles. The van der Waals surface area contributed by atoms with Gasteiger partial charge < -0.3 is 14.2 Å². The Hall–Kier alpha value is -2.82. The van der Waals surface area contributed by atoms with E-state index in [0.29, 0.717) is 17.1 Å². The summed E-state index contributed by atoms with van der Waals surface area (Å²) in [5.74, 6) is 0.213. The average Bonchev–Trinajstić information content (AvgIpc) is 2.66. The molecule has 2 atom stereocenters. The van der Waals surface area contributed by atoms with Gasteiger partial charge in [-0.15, -0.1) is 0 Å². The first-order valence-corrected chi connectivity index (χ1v) is 8.99. The minimum atomic E-state index is -0.904. The average molecular weight is 368 g/mol. The molecule has 0 spiro atoms. The standard InChI is InChI=1S/C22H24O5/c1-14(20(23)15-9-11-16(12-10-15)22(2,3)4)26-21(24)19-13-25-17-7-5-6-8-18(17)27-19/h5-12,14,19H,13H2,1-4H3/t14-,19+/m0/s1. The minimum absolute atomic E-state index is 0.00821. The van der Waals surface area contributed by atoms with Crippen molar-refractivity contribution in [1.29, 1.82) is 0 Å². The van der Waals surface area contributed by atoms with Crippen molar-refractivity contribution in [3.05, 3.63) is 59.7 Å². The third kappa shape index (κ3) is 4.30. The number of esters is 1. The number of benzene rings is 2. The first-order valence-electron chi connectivity index (χ1n) is 8.99. The molecule has 5 heteroatoms. The summed E-state index contributed by atoms with van der Waals surface area (Å²) < 4.78 is 16.5. The van der Waals surface area contributed by atoms with Crippen LogP contribution in [0.3, 0.4) is 0 Å². The largest absolute Gasteiger partial charge is 0.485 e. The quantitative estimate of drug-likeness (QED) is 0.604. The Bertz CT molecular complexity index is 833. The van der Waals surface area contributed by atoms with Gasteiger partial charge in [0, 0.05) is 5.56 Å². The second kappa shape index (κ2) is 7.43. The summed E-state index contributed by atoms with van der Waals surface area (Å²) in [4.78, 5) is 24.9. The molecule has 5 nitrogen and oxygen atoms in total. The van der Waals surface area contributed by atoms with E-state index in [1.807, 2.05) is 18.2 Å². The number of ether oxygens (including phenoxy) is 3. The molecule has 2 aromatic carbocycles. The van der Waals surface area contributed by atoms with E-state index in [9.17, 15) is 9.59 Å². The van der Waals surface area contributed by atoms with E-state index in [2.05, 4.69) is 20.8 Å². The molecule has 1 aliphatic heterocycles. The molecule has 0 radical (unpaired) electrons. The summed E-state index contributed by atoms with van der Waals surface area (Å²) in [6.45, 7) is 7.95. The predicted molar refractivity (Wildman–Crippen MR) is 101 cm³/mol. The van der Waals surface area contributed by atoms with E-state index in [1.54, 1.807) is 37.3 Å². The number of carbonyl (C=O) groups excluding carboxylic acids is 2. The van der Waals surface area contributed by atoms with Gasteiger partial charge in [0.25, 0.3) is 0 Å². The van der Waals surface area contributed by atoms with Crippen LogP contribution >= 0.6 is 0 Å². The van der Waals surface area contributed by atoms with E-state index in [0.717, 1.165) is 5.56 Å². The Kier molecular flexibility index (Phi) is 5.22. The molecule has 142 valence electrons. The Labute approximate surface area is 159 Å². The maximum Gasteiger partial charge on any atom is 0.351 e. The monoisotopic (exact) mass is 368 g/mol. The maximum absolute atomic E-state index is 12.6. The van der Waals surface area contributed by atoms with Gasteiger partial charge >= 0.3 is 5.97 Å². The van der Waals surface area contributed by atoms with Crippen LogP contribution in [0.25, 0.3) is 0 Å². The Morgan fingerprint density at radius 1 is 1.04 bits per heavy atom. The molecule has 0 fully saturated rings. The molecule has 0 saturated heterocycles. The van der Waals surface area contributed by atoms with Crippen molar-refractivity contribution in [2.45, 2.75) is 45.3 Å². The second-order valence-electron chi connectivity index (χ2n) is 7.63. The molecule has 27 heavy (non-hydrogen) atoms. The fourth-order valence-corrected chi connectivity index (χ4v) is 2.81. The second-order valence-corrected chi connectivity index (χ2v) is 7.63. The number of fused-ring (bicyclic) bond motifs is 1. The summed E-state index contributed by atoms with van der Waals surface area (Å²) in [7, 11) is 0. The number of hydrogen-bond donors (Lipinski definition) is 0. The van der Waals surface area contributed by atoms with Crippen molar-refractivity contribution < 1.29 is 23.8 Å². The molecule has 3 rings (SSSR count). The Morgan fingerprint density at radius 2 is 1.67 bits per heavy atom. The third-order valence-corrected chi connectivity index (χ3v) is 4.47. The number of para-hydroxylation sites is 2. The molecule has 1 heterocycles. The zero-order valence-corrected chi connectivity index (χ0v) is 16.0. The summed E-state index contributed by atoms with van der Waals surface area (Å²) in [5.41, 5.74) is 1.65. The number of hydrogen-bond acceptors (Lipinski definition) is 5. The zero-order valence-electron chi connectivity index (χ0n) is 16.0. The fraction of sp³-hybridized carbons (Fsp3) is 0.364. The van der Waals surface area contributed by atoms with Crippen LogP contribution in [-0.2, 0) is 14.9 Å². The lowest BCUT2D eigenvalue weighted by atomic mass is 9.86. The molecule has 0 saturated carbocycles. The highest BCUT2D eigenvalue weighted by Crippen LogP contribution is 2.31. The van der Waals surface area contributed by atoms with Crippen molar-refractivity contribution in [2.24, 2.45) is 0 Å². The lowest BCUT2D eigenvalue weighted by molar-refractivity contribution is -0.157.